The molecule has 0 saturated carbocycles. The van der Waals surface area contributed by atoms with Crippen molar-refractivity contribution in [2.24, 2.45) is 0 Å². The van der Waals surface area contributed by atoms with Crippen LogP contribution in [0.2, 0.25) is 0 Å². The minimum absolute atomic E-state index is 0.0610. The van der Waals surface area contributed by atoms with Gasteiger partial charge in [0.15, 0.2) is 0 Å². The molecule has 1 saturated heterocycles. The standard InChI is InChI=1S/C30H35N5O2/c1-4-33(5-2)25-16-14-24(15-17-25)31-30(36)34-18-9-11-23(21-34)29-32-28(27-13-6-7-19-35(27)29)22-10-8-12-26(20-22)37-3/h6-8,10,12-17,19-20,23H,4-5,9,11,18,21H2,1-3H3,(H,31,36)/t23-/m1/s1. The summed E-state index contributed by atoms with van der Waals surface area (Å²) < 4.78 is 7.62. The molecule has 192 valence electrons. The van der Waals surface area contributed by atoms with Gasteiger partial charge in [-0.05, 0) is 75.2 Å². The lowest BCUT2D eigenvalue weighted by atomic mass is 9.97. The van der Waals surface area contributed by atoms with Gasteiger partial charge in [0.2, 0.25) is 0 Å². The van der Waals surface area contributed by atoms with Gasteiger partial charge in [-0.25, -0.2) is 9.78 Å². The summed E-state index contributed by atoms with van der Waals surface area (Å²) in [6.45, 7) is 7.59. The van der Waals surface area contributed by atoms with Crippen LogP contribution in [0.15, 0.2) is 72.9 Å². The number of amides is 2. The maximum Gasteiger partial charge on any atom is 0.321 e. The number of fused-ring (bicyclic) bond motifs is 1. The van der Waals surface area contributed by atoms with Crippen LogP contribution >= 0.6 is 0 Å². The minimum Gasteiger partial charge on any atom is -0.497 e. The number of benzene rings is 2. The second kappa shape index (κ2) is 10.9. The molecule has 0 spiro atoms. The third kappa shape index (κ3) is 5.12. The number of hydrogen-bond acceptors (Lipinski definition) is 4. The molecule has 0 radical (unpaired) electrons. The van der Waals surface area contributed by atoms with E-state index in [9.17, 15) is 4.79 Å². The Morgan fingerprint density at radius 2 is 1.89 bits per heavy atom. The fourth-order valence-corrected chi connectivity index (χ4v) is 5.25. The fraction of sp³-hybridized carbons (Fsp3) is 0.333. The Morgan fingerprint density at radius 3 is 2.65 bits per heavy atom. The number of pyridine rings is 1. The zero-order chi connectivity index (χ0) is 25.8. The molecule has 4 aromatic rings. The monoisotopic (exact) mass is 497 g/mol. The van der Waals surface area contributed by atoms with Gasteiger partial charge < -0.3 is 24.3 Å². The topological polar surface area (TPSA) is 62.1 Å². The van der Waals surface area contributed by atoms with Gasteiger partial charge in [-0.15, -0.1) is 0 Å². The quantitative estimate of drug-likeness (QED) is 0.327. The van der Waals surface area contributed by atoms with E-state index in [1.807, 2.05) is 47.4 Å². The number of likely N-dealkylation sites (tertiary alicyclic amines) is 1. The molecule has 7 nitrogen and oxygen atoms in total. The van der Waals surface area contributed by atoms with Crippen molar-refractivity contribution in [2.45, 2.75) is 32.6 Å². The van der Waals surface area contributed by atoms with Gasteiger partial charge in [0.25, 0.3) is 0 Å². The van der Waals surface area contributed by atoms with Crippen LogP contribution < -0.4 is 15.0 Å². The van der Waals surface area contributed by atoms with Crippen LogP contribution in [-0.2, 0) is 0 Å². The first-order valence-corrected chi connectivity index (χ1v) is 13.1. The number of rotatable bonds is 7. The van der Waals surface area contributed by atoms with E-state index in [0.29, 0.717) is 6.54 Å². The van der Waals surface area contributed by atoms with Crippen molar-refractivity contribution >= 4 is 22.9 Å². The van der Waals surface area contributed by atoms with E-state index in [2.05, 4.69) is 58.9 Å². The lowest BCUT2D eigenvalue weighted by molar-refractivity contribution is 0.191. The van der Waals surface area contributed by atoms with Crippen molar-refractivity contribution in [2.75, 3.05) is 43.5 Å². The molecule has 1 aliphatic rings. The molecule has 1 aliphatic heterocycles. The number of piperidine rings is 1. The van der Waals surface area contributed by atoms with Crippen LogP contribution in [0.1, 0.15) is 38.4 Å². The first-order valence-electron chi connectivity index (χ1n) is 13.1. The summed E-state index contributed by atoms with van der Waals surface area (Å²) in [5.74, 6) is 1.95. The van der Waals surface area contributed by atoms with Crippen molar-refractivity contribution in [3.05, 3.63) is 78.8 Å². The summed E-state index contributed by atoms with van der Waals surface area (Å²) >= 11 is 0. The maximum absolute atomic E-state index is 13.2. The minimum atomic E-state index is -0.0610. The number of carbonyl (C=O) groups excluding carboxylic acids is 1. The fourth-order valence-electron chi connectivity index (χ4n) is 5.25. The molecule has 2 aromatic heterocycles. The number of urea groups is 1. The highest BCUT2D eigenvalue weighted by Crippen LogP contribution is 2.33. The van der Waals surface area contributed by atoms with E-state index in [0.717, 1.165) is 66.5 Å². The summed E-state index contributed by atoms with van der Waals surface area (Å²) in [4.78, 5) is 22.5. The van der Waals surface area contributed by atoms with Crippen LogP contribution in [0.4, 0.5) is 16.2 Å². The Hall–Kier alpha value is -4.00. The molecule has 1 N–H and O–H groups in total. The number of ether oxygens (including phenoxy) is 1. The Labute approximate surface area is 218 Å². The highest BCUT2D eigenvalue weighted by atomic mass is 16.5. The van der Waals surface area contributed by atoms with Gasteiger partial charge in [0.05, 0.1) is 18.3 Å². The smallest absolute Gasteiger partial charge is 0.321 e. The normalized spacial score (nSPS) is 15.5. The summed E-state index contributed by atoms with van der Waals surface area (Å²) in [6.07, 6.45) is 4.00. The predicted molar refractivity (Wildman–Crippen MR) is 150 cm³/mol. The van der Waals surface area contributed by atoms with Crippen LogP contribution in [0, 0.1) is 0 Å². The number of nitrogens with one attached hydrogen (secondary N) is 1. The number of aromatic nitrogens is 2. The van der Waals surface area contributed by atoms with Crippen LogP contribution in [0.5, 0.6) is 5.75 Å². The SMILES string of the molecule is CCN(CC)c1ccc(NC(=O)N2CCC[C@@H](c3nc(-c4cccc(OC)c4)c4ccccn34)C2)cc1. The first-order chi connectivity index (χ1) is 18.1. The number of nitrogens with zero attached hydrogens (tertiary/aromatic N) is 4. The van der Waals surface area contributed by atoms with Crippen molar-refractivity contribution in [1.29, 1.82) is 0 Å². The molecule has 3 heterocycles. The van der Waals surface area contributed by atoms with Crippen molar-refractivity contribution < 1.29 is 9.53 Å². The van der Waals surface area contributed by atoms with E-state index < -0.39 is 0 Å². The molecule has 0 unspecified atom stereocenters. The number of imidazole rings is 1. The molecule has 1 fully saturated rings. The number of carbonyl (C=O) groups is 1. The summed E-state index contributed by atoms with van der Waals surface area (Å²) in [5.41, 5.74) is 4.99. The van der Waals surface area contributed by atoms with E-state index in [4.69, 9.17) is 9.72 Å². The number of methoxy groups -OCH3 is 1. The summed E-state index contributed by atoms with van der Waals surface area (Å²) in [6, 6.07) is 22.2. The van der Waals surface area contributed by atoms with Crippen LogP contribution in [-0.4, -0.2) is 53.6 Å². The van der Waals surface area contributed by atoms with Crippen molar-refractivity contribution in [3.8, 4) is 17.0 Å². The van der Waals surface area contributed by atoms with Gasteiger partial charge in [-0.1, -0.05) is 18.2 Å². The van der Waals surface area contributed by atoms with E-state index in [1.54, 1.807) is 7.11 Å². The third-order valence-electron chi connectivity index (χ3n) is 7.24. The maximum atomic E-state index is 13.2. The largest absolute Gasteiger partial charge is 0.497 e. The van der Waals surface area contributed by atoms with E-state index in [-0.39, 0.29) is 11.9 Å². The molecule has 0 aliphatic carbocycles. The number of anilines is 2. The zero-order valence-corrected chi connectivity index (χ0v) is 21.9. The van der Waals surface area contributed by atoms with Crippen molar-refractivity contribution in [1.82, 2.24) is 14.3 Å². The van der Waals surface area contributed by atoms with E-state index in [1.165, 1.54) is 5.69 Å². The molecule has 1 atom stereocenters. The Bertz CT molecular complexity index is 1360. The van der Waals surface area contributed by atoms with Gasteiger partial charge >= 0.3 is 6.03 Å². The second-order valence-corrected chi connectivity index (χ2v) is 9.44. The van der Waals surface area contributed by atoms with Crippen LogP contribution in [0.25, 0.3) is 16.8 Å². The Morgan fingerprint density at radius 1 is 1.08 bits per heavy atom. The molecule has 2 amide bonds. The highest BCUT2D eigenvalue weighted by Gasteiger charge is 2.28. The average Bonchev–Trinajstić information content (AvgIpc) is 3.34. The molecular formula is C30H35N5O2. The lowest BCUT2D eigenvalue weighted by Gasteiger charge is -2.32. The second-order valence-electron chi connectivity index (χ2n) is 9.44. The molecule has 5 rings (SSSR count). The zero-order valence-electron chi connectivity index (χ0n) is 21.9. The average molecular weight is 498 g/mol. The van der Waals surface area contributed by atoms with E-state index >= 15 is 0 Å². The summed E-state index contributed by atoms with van der Waals surface area (Å²) in [5, 5.41) is 3.09. The van der Waals surface area contributed by atoms with Gasteiger partial charge in [0.1, 0.15) is 11.6 Å². The van der Waals surface area contributed by atoms with Gasteiger partial charge in [-0.3, -0.25) is 0 Å². The van der Waals surface area contributed by atoms with Crippen LogP contribution in [0.3, 0.4) is 0 Å². The molecule has 37 heavy (non-hydrogen) atoms. The van der Waals surface area contributed by atoms with Gasteiger partial charge in [0, 0.05) is 55.2 Å². The predicted octanol–water partition coefficient (Wildman–Crippen LogP) is 6.27. The third-order valence-corrected chi connectivity index (χ3v) is 7.24. The van der Waals surface area contributed by atoms with Crippen molar-refractivity contribution in [3.63, 3.8) is 0 Å². The summed E-state index contributed by atoms with van der Waals surface area (Å²) in [7, 11) is 1.68. The van der Waals surface area contributed by atoms with Gasteiger partial charge in [-0.2, -0.15) is 0 Å². The Balaban J connectivity index is 1.35. The molecular weight excluding hydrogens is 462 g/mol. The lowest BCUT2D eigenvalue weighted by Crippen LogP contribution is -2.42. The molecule has 2 aromatic carbocycles. The molecule has 7 heteroatoms. The Kier molecular flexibility index (Phi) is 7.30. The highest BCUT2D eigenvalue weighted by molar-refractivity contribution is 5.89. The number of hydrogen-bond donors (Lipinski definition) is 1. The first kappa shape index (κ1) is 24.7. The molecule has 0 bridgehead atoms.